The maximum absolute atomic E-state index is 12.3. The maximum Gasteiger partial charge on any atom is 0.324 e. The van der Waals surface area contributed by atoms with Gasteiger partial charge in [-0.05, 0) is 49.7 Å². The number of anilines is 3. The second-order valence-electron chi connectivity index (χ2n) is 7.90. The smallest absolute Gasteiger partial charge is 0.324 e. The van der Waals surface area contributed by atoms with Crippen molar-refractivity contribution in [3.63, 3.8) is 0 Å². The number of carbonyl (C=O) groups excluding carboxylic acids is 1. The van der Waals surface area contributed by atoms with E-state index in [2.05, 4.69) is 54.6 Å². The molecule has 168 valence electrons. The molecule has 4 aromatic rings. The van der Waals surface area contributed by atoms with Gasteiger partial charge in [-0.1, -0.05) is 6.07 Å². The zero-order valence-corrected chi connectivity index (χ0v) is 19.1. The van der Waals surface area contributed by atoms with Crippen molar-refractivity contribution in [1.82, 2.24) is 24.7 Å². The average molecular weight is 443 g/mol. The van der Waals surface area contributed by atoms with Crippen molar-refractivity contribution in [3.05, 3.63) is 78.1 Å². The molecule has 0 saturated heterocycles. The summed E-state index contributed by atoms with van der Waals surface area (Å²) >= 11 is 0. The molecule has 2 N–H and O–H groups in total. The van der Waals surface area contributed by atoms with Crippen LogP contribution in [0, 0.1) is 13.8 Å². The number of nitrogens with zero attached hydrogens (tertiary/aromatic N) is 6. The number of hydrogen-bond donors (Lipinski definition) is 2. The molecule has 9 heteroatoms. The molecular formula is C24H26N8O. The topological polar surface area (TPSA) is 101 Å². The standard InChI is InChI=1S/C24H26N8O/c1-16-11-18(6-8-22(16)31(3)15-20-9-10-32(4)30-20)21-13-25-14-23(28-21)29-24(33)27-19-7-5-17(2)26-12-19/h5-14H,15H2,1-4H3,(H2,27,28,29,33). The third-order valence-electron chi connectivity index (χ3n) is 5.12. The first-order valence-corrected chi connectivity index (χ1v) is 10.5. The number of carbonyl (C=O) groups is 1. The van der Waals surface area contributed by atoms with Crippen LogP contribution in [0.1, 0.15) is 17.0 Å². The second kappa shape index (κ2) is 9.47. The molecule has 0 bridgehead atoms. The predicted octanol–water partition coefficient (Wildman–Crippen LogP) is 4.17. The minimum atomic E-state index is -0.408. The van der Waals surface area contributed by atoms with Crippen LogP contribution in [0.15, 0.2) is 61.2 Å². The van der Waals surface area contributed by atoms with Crippen LogP contribution in [-0.2, 0) is 13.6 Å². The fourth-order valence-corrected chi connectivity index (χ4v) is 3.50. The Bertz CT molecular complexity index is 1270. The normalized spacial score (nSPS) is 10.7. The van der Waals surface area contributed by atoms with Gasteiger partial charge in [0.15, 0.2) is 5.82 Å². The molecule has 2 amide bonds. The summed E-state index contributed by atoms with van der Waals surface area (Å²) in [6.45, 7) is 4.66. The summed E-state index contributed by atoms with van der Waals surface area (Å²) in [4.78, 5) is 27.4. The number of rotatable bonds is 6. The lowest BCUT2D eigenvalue weighted by Crippen LogP contribution is -2.20. The highest BCUT2D eigenvalue weighted by molar-refractivity contribution is 5.99. The van der Waals surface area contributed by atoms with Gasteiger partial charge in [0.05, 0.1) is 42.2 Å². The van der Waals surface area contributed by atoms with E-state index in [1.807, 2.05) is 45.4 Å². The maximum atomic E-state index is 12.3. The Morgan fingerprint density at radius 3 is 2.61 bits per heavy atom. The Morgan fingerprint density at radius 1 is 1.06 bits per heavy atom. The Hall–Kier alpha value is -4.27. The number of amides is 2. The van der Waals surface area contributed by atoms with E-state index >= 15 is 0 Å². The first-order chi connectivity index (χ1) is 15.9. The summed E-state index contributed by atoms with van der Waals surface area (Å²) in [6, 6.07) is 11.4. The molecule has 3 aromatic heterocycles. The van der Waals surface area contributed by atoms with Crippen molar-refractivity contribution >= 4 is 23.2 Å². The van der Waals surface area contributed by atoms with Gasteiger partial charge in [-0.2, -0.15) is 5.10 Å². The van der Waals surface area contributed by atoms with Crippen LogP contribution < -0.4 is 15.5 Å². The lowest BCUT2D eigenvalue weighted by atomic mass is 10.1. The van der Waals surface area contributed by atoms with E-state index in [1.165, 1.54) is 6.20 Å². The van der Waals surface area contributed by atoms with E-state index in [9.17, 15) is 4.79 Å². The third kappa shape index (κ3) is 5.51. The highest BCUT2D eigenvalue weighted by Gasteiger charge is 2.11. The highest BCUT2D eigenvalue weighted by atomic mass is 16.2. The zero-order valence-electron chi connectivity index (χ0n) is 19.1. The fraction of sp³-hybridized carbons (Fsp3) is 0.208. The van der Waals surface area contributed by atoms with E-state index in [1.54, 1.807) is 23.1 Å². The van der Waals surface area contributed by atoms with Gasteiger partial charge in [-0.3, -0.25) is 20.0 Å². The van der Waals surface area contributed by atoms with Crippen molar-refractivity contribution in [2.75, 3.05) is 22.6 Å². The van der Waals surface area contributed by atoms with Crippen molar-refractivity contribution in [3.8, 4) is 11.3 Å². The average Bonchev–Trinajstić information content (AvgIpc) is 3.19. The summed E-state index contributed by atoms with van der Waals surface area (Å²) < 4.78 is 1.80. The summed E-state index contributed by atoms with van der Waals surface area (Å²) in [5.41, 5.74) is 6.29. The molecule has 33 heavy (non-hydrogen) atoms. The van der Waals surface area contributed by atoms with E-state index in [-0.39, 0.29) is 0 Å². The summed E-state index contributed by atoms with van der Waals surface area (Å²) in [7, 11) is 3.96. The molecule has 0 radical (unpaired) electrons. The molecule has 0 aliphatic heterocycles. The van der Waals surface area contributed by atoms with Crippen LogP contribution in [0.2, 0.25) is 0 Å². The van der Waals surface area contributed by atoms with Crippen LogP contribution in [-0.4, -0.2) is 37.8 Å². The van der Waals surface area contributed by atoms with E-state index in [0.29, 0.717) is 23.7 Å². The minimum Gasteiger partial charge on any atom is -0.368 e. The zero-order chi connectivity index (χ0) is 23.4. The largest absolute Gasteiger partial charge is 0.368 e. The van der Waals surface area contributed by atoms with E-state index in [0.717, 1.165) is 28.2 Å². The van der Waals surface area contributed by atoms with Crippen LogP contribution >= 0.6 is 0 Å². The molecule has 0 spiro atoms. The van der Waals surface area contributed by atoms with Gasteiger partial charge in [0.2, 0.25) is 0 Å². The van der Waals surface area contributed by atoms with Crippen molar-refractivity contribution < 1.29 is 4.79 Å². The van der Waals surface area contributed by atoms with Crippen LogP contribution in [0.3, 0.4) is 0 Å². The highest BCUT2D eigenvalue weighted by Crippen LogP contribution is 2.26. The summed E-state index contributed by atoms with van der Waals surface area (Å²) in [5, 5.41) is 9.90. The molecule has 0 unspecified atom stereocenters. The molecule has 0 aliphatic rings. The predicted molar refractivity (Wildman–Crippen MR) is 129 cm³/mol. The van der Waals surface area contributed by atoms with E-state index in [4.69, 9.17) is 0 Å². The SMILES string of the molecule is Cc1ccc(NC(=O)Nc2cncc(-c3ccc(N(C)Cc4ccn(C)n4)c(C)c3)n2)cn1. The number of urea groups is 1. The molecular weight excluding hydrogens is 416 g/mol. The van der Waals surface area contributed by atoms with Gasteiger partial charge in [0.1, 0.15) is 0 Å². The number of benzene rings is 1. The van der Waals surface area contributed by atoms with Crippen molar-refractivity contribution in [2.24, 2.45) is 7.05 Å². The van der Waals surface area contributed by atoms with Gasteiger partial charge in [-0.15, -0.1) is 0 Å². The molecule has 1 aromatic carbocycles. The molecule has 0 atom stereocenters. The molecule has 0 saturated carbocycles. The molecule has 0 aliphatic carbocycles. The summed E-state index contributed by atoms with van der Waals surface area (Å²) in [6.07, 6.45) is 6.74. The van der Waals surface area contributed by atoms with Crippen LogP contribution in [0.5, 0.6) is 0 Å². The van der Waals surface area contributed by atoms with Gasteiger partial charge < -0.3 is 10.2 Å². The molecule has 4 rings (SSSR count). The van der Waals surface area contributed by atoms with Crippen LogP contribution in [0.25, 0.3) is 11.3 Å². The molecule has 9 nitrogen and oxygen atoms in total. The Labute approximate surface area is 192 Å². The second-order valence-corrected chi connectivity index (χ2v) is 7.90. The van der Waals surface area contributed by atoms with Crippen LogP contribution in [0.4, 0.5) is 22.0 Å². The lowest BCUT2D eigenvalue weighted by Gasteiger charge is -2.21. The monoisotopic (exact) mass is 442 g/mol. The van der Waals surface area contributed by atoms with Crippen molar-refractivity contribution in [2.45, 2.75) is 20.4 Å². The fourth-order valence-electron chi connectivity index (χ4n) is 3.50. The van der Waals surface area contributed by atoms with E-state index < -0.39 is 6.03 Å². The first-order valence-electron chi connectivity index (χ1n) is 10.5. The van der Waals surface area contributed by atoms with Gasteiger partial charge >= 0.3 is 6.03 Å². The third-order valence-corrected chi connectivity index (χ3v) is 5.12. The lowest BCUT2D eigenvalue weighted by molar-refractivity contribution is 0.262. The number of pyridine rings is 1. The Balaban J connectivity index is 1.45. The number of hydrogen-bond acceptors (Lipinski definition) is 6. The number of nitrogens with one attached hydrogen (secondary N) is 2. The van der Waals surface area contributed by atoms with Gasteiger partial charge in [0.25, 0.3) is 0 Å². The van der Waals surface area contributed by atoms with Gasteiger partial charge in [-0.25, -0.2) is 9.78 Å². The van der Waals surface area contributed by atoms with Gasteiger partial charge in [0, 0.05) is 37.2 Å². The Kier molecular flexibility index (Phi) is 6.30. The summed E-state index contributed by atoms with van der Waals surface area (Å²) in [5.74, 6) is 0.360. The minimum absolute atomic E-state index is 0.360. The molecule has 3 heterocycles. The Morgan fingerprint density at radius 2 is 1.91 bits per heavy atom. The first kappa shape index (κ1) is 21.9. The number of aromatic nitrogens is 5. The molecule has 0 fully saturated rings. The van der Waals surface area contributed by atoms with Crippen molar-refractivity contribution in [1.29, 1.82) is 0 Å². The number of aryl methyl sites for hydroxylation is 3. The quantitative estimate of drug-likeness (QED) is 0.465.